The van der Waals surface area contributed by atoms with Gasteiger partial charge in [0.05, 0.1) is 23.9 Å². The summed E-state index contributed by atoms with van der Waals surface area (Å²) in [6, 6.07) is 0. The third-order valence-corrected chi connectivity index (χ3v) is 11.0. The monoisotopic (exact) mass is 362 g/mol. The highest BCUT2D eigenvalue weighted by Gasteiger charge is 2.81. The molecule has 6 rings (SSSR count). The smallest absolute Gasteiger partial charge is 0.0964 e. The first-order chi connectivity index (χ1) is 12.2. The Bertz CT molecular complexity index is 667. The largest absolute Gasteiger partial charge is 0.393 e. The Hall–Kier alpha value is -0.160. The lowest BCUT2D eigenvalue weighted by Gasteiger charge is -2.64. The molecule has 4 N–H and O–H groups in total. The van der Waals surface area contributed by atoms with Gasteiger partial charge in [-0.15, -0.1) is 0 Å². The van der Waals surface area contributed by atoms with Crippen LogP contribution in [0.3, 0.4) is 0 Å². The zero-order valence-corrected chi connectivity index (χ0v) is 16.1. The van der Waals surface area contributed by atoms with E-state index in [2.05, 4.69) is 13.8 Å². The normalized spacial score (nSPS) is 70.4. The molecule has 0 bridgehead atoms. The van der Waals surface area contributed by atoms with E-state index >= 15 is 0 Å². The van der Waals surface area contributed by atoms with Gasteiger partial charge >= 0.3 is 0 Å². The molecule has 0 unspecified atom stereocenters. The summed E-state index contributed by atoms with van der Waals surface area (Å²) in [6.07, 6.45) is 6.15. The third kappa shape index (κ3) is 1.54. The van der Waals surface area contributed by atoms with Crippen LogP contribution in [0.15, 0.2) is 0 Å². The highest BCUT2D eigenvalue weighted by Crippen LogP contribution is 2.81. The van der Waals surface area contributed by atoms with E-state index in [0.717, 1.165) is 38.5 Å². The van der Waals surface area contributed by atoms with Crippen LogP contribution in [-0.2, 0) is 0 Å². The summed E-state index contributed by atoms with van der Waals surface area (Å²) in [7, 11) is 0. The van der Waals surface area contributed by atoms with Gasteiger partial charge in [0, 0.05) is 11.8 Å². The Morgan fingerprint density at radius 3 is 2.31 bits per heavy atom. The summed E-state index contributed by atoms with van der Waals surface area (Å²) in [6.45, 7) is 4.47. The molecule has 0 saturated heterocycles. The molecule has 0 aromatic heterocycles. The van der Waals surface area contributed by atoms with Gasteiger partial charge in [-0.05, 0) is 85.4 Å². The first-order valence-electron chi connectivity index (χ1n) is 10.9. The van der Waals surface area contributed by atoms with Gasteiger partial charge < -0.3 is 20.4 Å². The Morgan fingerprint density at radius 1 is 0.885 bits per heavy atom. The minimum atomic E-state index is -0.894. The van der Waals surface area contributed by atoms with Crippen molar-refractivity contribution in [2.75, 3.05) is 6.61 Å². The lowest BCUT2D eigenvalue weighted by Crippen LogP contribution is -2.66. The predicted octanol–water partition coefficient (Wildman–Crippen LogP) is 1.94. The highest BCUT2D eigenvalue weighted by atomic mass is 16.3. The van der Waals surface area contributed by atoms with E-state index in [1.54, 1.807) is 0 Å². The van der Waals surface area contributed by atoms with Crippen LogP contribution < -0.4 is 0 Å². The van der Waals surface area contributed by atoms with Gasteiger partial charge in [0.1, 0.15) is 0 Å². The van der Waals surface area contributed by atoms with Crippen LogP contribution in [-0.4, -0.2) is 44.3 Å². The van der Waals surface area contributed by atoms with Gasteiger partial charge in [0.25, 0.3) is 0 Å². The van der Waals surface area contributed by atoms with Crippen LogP contribution in [0.5, 0.6) is 0 Å². The number of hydrogen-bond acceptors (Lipinski definition) is 4. The maximum Gasteiger partial charge on any atom is 0.0964 e. The second-order valence-electron chi connectivity index (χ2n) is 11.5. The average molecular weight is 363 g/mol. The molecular formula is C22H34O4. The fraction of sp³-hybridized carbons (Fsp3) is 1.00. The lowest BCUT2D eigenvalue weighted by molar-refractivity contribution is -0.239. The van der Waals surface area contributed by atoms with Crippen molar-refractivity contribution >= 4 is 0 Å². The van der Waals surface area contributed by atoms with Crippen LogP contribution in [0.4, 0.5) is 0 Å². The van der Waals surface area contributed by atoms with Crippen molar-refractivity contribution in [3.05, 3.63) is 0 Å². The molecule has 146 valence electrons. The van der Waals surface area contributed by atoms with E-state index in [4.69, 9.17) is 0 Å². The number of hydrogen-bond donors (Lipinski definition) is 4. The highest BCUT2D eigenvalue weighted by molar-refractivity contribution is 5.29. The summed E-state index contributed by atoms with van der Waals surface area (Å²) in [5.41, 5.74) is -1.85. The average Bonchev–Trinajstić information content (AvgIpc) is 3.49. The maximum atomic E-state index is 11.8. The van der Waals surface area contributed by atoms with E-state index in [1.165, 1.54) is 0 Å². The first-order valence-corrected chi connectivity index (χ1v) is 10.9. The SMILES string of the molecule is C[C@]12CC[C@H]3[C@@H]([C@H]4C[C@H]4[C@]4(O)C[C@@H](O)CC[C@]34C)[C@@H]1[C@@H]1C[C@@H]1[C@@]2(O)CO. The van der Waals surface area contributed by atoms with E-state index < -0.39 is 11.2 Å². The molecule has 0 aliphatic heterocycles. The van der Waals surface area contributed by atoms with Crippen molar-refractivity contribution in [3.63, 3.8) is 0 Å². The molecule has 0 aromatic rings. The molecule has 0 heterocycles. The molecule has 6 aliphatic rings. The van der Waals surface area contributed by atoms with Crippen molar-refractivity contribution in [3.8, 4) is 0 Å². The number of rotatable bonds is 1. The molecule has 0 amide bonds. The van der Waals surface area contributed by atoms with Crippen LogP contribution >= 0.6 is 0 Å². The van der Waals surface area contributed by atoms with E-state index in [1.807, 2.05) is 0 Å². The first kappa shape index (κ1) is 16.8. The Kier molecular flexibility index (Phi) is 2.92. The molecule has 0 radical (unpaired) electrons. The van der Waals surface area contributed by atoms with E-state index in [-0.39, 0.29) is 23.5 Å². The Labute approximate surface area is 156 Å². The second-order valence-corrected chi connectivity index (χ2v) is 11.5. The van der Waals surface area contributed by atoms with Crippen LogP contribution in [0.25, 0.3) is 0 Å². The lowest BCUT2D eigenvalue weighted by atomic mass is 9.42. The van der Waals surface area contributed by atoms with Crippen molar-refractivity contribution in [1.82, 2.24) is 0 Å². The van der Waals surface area contributed by atoms with Gasteiger partial charge in [-0.25, -0.2) is 0 Å². The Balaban J connectivity index is 1.43. The van der Waals surface area contributed by atoms with Gasteiger partial charge in [0.2, 0.25) is 0 Å². The van der Waals surface area contributed by atoms with Crippen molar-refractivity contribution in [2.45, 2.75) is 76.1 Å². The van der Waals surface area contributed by atoms with Crippen molar-refractivity contribution < 1.29 is 20.4 Å². The molecule has 0 aromatic carbocycles. The minimum Gasteiger partial charge on any atom is -0.393 e. The molecular weight excluding hydrogens is 328 g/mol. The fourth-order valence-corrected chi connectivity index (χ4v) is 9.59. The van der Waals surface area contributed by atoms with Crippen LogP contribution in [0, 0.1) is 52.3 Å². The van der Waals surface area contributed by atoms with Gasteiger partial charge in [-0.3, -0.25) is 0 Å². The van der Waals surface area contributed by atoms with Gasteiger partial charge in [-0.1, -0.05) is 13.8 Å². The van der Waals surface area contributed by atoms with Crippen molar-refractivity contribution in [2.24, 2.45) is 52.3 Å². The second kappa shape index (κ2) is 4.53. The summed E-state index contributed by atoms with van der Waals surface area (Å²) in [4.78, 5) is 0. The third-order valence-electron chi connectivity index (χ3n) is 11.0. The maximum absolute atomic E-state index is 11.8. The number of aliphatic hydroxyl groups is 4. The van der Waals surface area contributed by atoms with Crippen LogP contribution in [0.1, 0.15) is 58.8 Å². The van der Waals surface area contributed by atoms with E-state index in [0.29, 0.717) is 47.8 Å². The summed E-state index contributed by atoms with van der Waals surface area (Å²) in [5, 5.41) is 43.5. The molecule has 0 spiro atoms. The van der Waals surface area contributed by atoms with E-state index in [9.17, 15) is 20.4 Å². The minimum absolute atomic E-state index is 0.0970. The zero-order chi connectivity index (χ0) is 18.3. The summed E-state index contributed by atoms with van der Waals surface area (Å²) in [5.74, 6) is 3.38. The topological polar surface area (TPSA) is 80.9 Å². The molecule has 6 aliphatic carbocycles. The van der Waals surface area contributed by atoms with Crippen molar-refractivity contribution in [1.29, 1.82) is 0 Å². The fourth-order valence-electron chi connectivity index (χ4n) is 9.59. The molecule has 4 nitrogen and oxygen atoms in total. The zero-order valence-electron chi connectivity index (χ0n) is 16.1. The molecule has 26 heavy (non-hydrogen) atoms. The van der Waals surface area contributed by atoms with Crippen LogP contribution in [0.2, 0.25) is 0 Å². The number of fused-ring (bicyclic) bond motifs is 10. The Morgan fingerprint density at radius 2 is 1.58 bits per heavy atom. The molecule has 6 saturated carbocycles. The summed E-state index contributed by atoms with van der Waals surface area (Å²) < 4.78 is 0. The standard InChI is InChI=1S/C22H34O4/c1-19-5-3-11(24)9-21(19,25)15-7-12(15)17-14(19)4-6-20(2)18(17)13-8-16(13)22(20,26)10-23/h11-18,23-26H,3-10H2,1-2H3/t11-,12-,13+,14-,15+,16-,17+,18-,19+,20-,21+,22-/m0/s1. The molecule has 4 heteroatoms. The summed E-state index contributed by atoms with van der Waals surface area (Å²) >= 11 is 0. The predicted molar refractivity (Wildman–Crippen MR) is 96.0 cm³/mol. The quantitative estimate of drug-likeness (QED) is 0.575. The van der Waals surface area contributed by atoms with Gasteiger partial charge in [0.15, 0.2) is 0 Å². The number of aliphatic hydroxyl groups excluding tert-OH is 2. The molecule has 12 atom stereocenters. The van der Waals surface area contributed by atoms with Gasteiger partial charge in [-0.2, -0.15) is 0 Å². The molecule has 6 fully saturated rings.